The summed E-state index contributed by atoms with van der Waals surface area (Å²) < 4.78 is 1.71. The number of nitrogens with two attached hydrogens (primary N) is 1. The number of nitrogens with zero attached hydrogens (tertiary/aromatic N) is 4. The van der Waals surface area contributed by atoms with Gasteiger partial charge in [-0.25, -0.2) is 9.67 Å². The van der Waals surface area contributed by atoms with Crippen molar-refractivity contribution in [3.05, 3.63) is 35.7 Å². The summed E-state index contributed by atoms with van der Waals surface area (Å²) in [7, 11) is 0. The summed E-state index contributed by atoms with van der Waals surface area (Å²) in [6, 6.07) is 1.88. The first kappa shape index (κ1) is 15.1. The molecule has 3 N–H and O–H groups in total. The van der Waals surface area contributed by atoms with E-state index in [4.69, 9.17) is 5.73 Å². The molecule has 120 valence electrons. The molecular weight excluding hydrogens is 296 g/mol. The maximum Gasteiger partial charge on any atom is 0.225 e. The van der Waals surface area contributed by atoms with E-state index in [1.807, 2.05) is 13.0 Å². The zero-order valence-electron chi connectivity index (χ0n) is 12.8. The predicted octanol–water partition coefficient (Wildman–Crippen LogP) is -0.180. The lowest BCUT2D eigenvalue weighted by molar-refractivity contribution is -0.119. The average Bonchev–Trinajstić information content (AvgIpc) is 3.06. The van der Waals surface area contributed by atoms with Crippen molar-refractivity contribution in [3.63, 3.8) is 0 Å². The van der Waals surface area contributed by atoms with Crippen molar-refractivity contribution >= 4 is 11.8 Å². The normalized spacial score (nSPS) is 17.3. The van der Waals surface area contributed by atoms with Crippen LogP contribution in [0.1, 0.15) is 30.1 Å². The van der Waals surface area contributed by atoms with Crippen LogP contribution >= 0.6 is 0 Å². The van der Waals surface area contributed by atoms with Crippen LogP contribution in [0.3, 0.4) is 0 Å². The quantitative estimate of drug-likeness (QED) is 0.794. The Balaban J connectivity index is 1.95. The van der Waals surface area contributed by atoms with E-state index in [9.17, 15) is 9.59 Å². The van der Waals surface area contributed by atoms with Crippen LogP contribution in [0.4, 0.5) is 0 Å². The monoisotopic (exact) mass is 314 g/mol. The van der Waals surface area contributed by atoms with Crippen LogP contribution in [-0.2, 0) is 22.4 Å². The predicted molar refractivity (Wildman–Crippen MR) is 81.7 cm³/mol. The van der Waals surface area contributed by atoms with Crippen molar-refractivity contribution in [3.8, 4) is 5.69 Å². The number of hydrogen-bond acceptors (Lipinski definition) is 5. The van der Waals surface area contributed by atoms with Gasteiger partial charge in [-0.3, -0.25) is 14.6 Å². The van der Waals surface area contributed by atoms with Gasteiger partial charge in [0, 0.05) is 31.3 Å². The molecule has 8 heteroatoms. The standard InChI is InChI=1S/C15H18N6O2/c1-9-8-17-5-4-11(9)21-14(6-10-2-3-15(23)18-10)19-13(20-21)7-12(16)22/h4-5,8,10H,2-3,6-7H2,1H3,(H2,16,22)(H,18,23)/t10-/m1/s1. The zero-order valence-corrected chi connectivity index (χ0v) is 12.8. The molecule has 1 atom stereocenters. The Morgan fingerprint density at radius 3 is 3.00 bits per heavy atom. The van der Waals surface area contributed by atoms with E-state index in [1.54, 1.807) is 17.1 Å². The van der Waals surface area contributed by atoms with Gasteiger partial charge in [-0.2, -0.15) is 5.10 Å². The van der Waals surface area contributed by atoms with Crippen LogP contribution in [0.5, 0.6) is 0 Å². The second kappa shape index (κ2) is 6.15. The number of primary amides is 1. The second-order valence-electron chi connectivity index (χ2n) is 5.67. The number of carbonyl (C=O) groups excluding carboxylic acids is 2. The fraction of sp³-hybridized carbons (Fsp3) is 0.400. The second-order valence-corrected chi connectivity index (χ2v) is 5.67. The number of hydrogen-bond donors (Lipinski definition) is 2. The first-order chi connectivity index (χ1) is 11.0. The van der Waals surface area contributed by atoms with E-state index in [0.29, 0.717) is 24.5 Å². The van der Waals surface area contributed by atoms with Gasteiger partial charge in [0.15, 0.2) is 5.82 Å². The van der Waals surface area contributed by atoms with Gasteiger partial charge < -0.3 is 11.1 Å². The van der Waals surface area contributed by atoms with Gasteiger partial charge in [-0.05, 0) is 25.0 Å². The minimum absolute atomic E-state index is 0.0127. The molecule has 1 saturated heterocycles. The lowest BCUT2D eigenvalue weighted by Crippen LogP contribution is -2.28. The molecule has 2 amide bonds. The Labute approximate surface area is 133 Å². The van der Waals surface area contributed by atoms with Crippen molar-refractivity contribution in [2.24, 2.45) is 5.73 Å². The van der Waals surface area contributed by atoms with Crippen LogP contribution in [0, 0.1) is 6.92 Å². The van der Waals surface area contributed by atoms with Crippen LogP contribution < -0.4 is 11.1 Å². The third-order valence-corrected chi connectivity index (χ3v) is 3.78. The third-order valence-electron chi connectivity index (χ3n) is 3.78. The lowest BCUT2D eigenvalue weighted by atomic mass is 10.1. The van der Waals surface area contributed by atoms with Gasteiger partial charge >= 0.3 is 0 Å². The Morgan fingerprint density at radius 1 is 1.52 bits per heavy atom. The van der Waals surface area contributed by atoms with Crippen LogP contribution in [0.15, 0.2) is 18.5 Å². The summed E-state index contributed by atoms with van der Waals surface area (Å²) in [5, 5.41) is 7.33. The Morgan fingerprint density at radius 2 is 2.35 bits per heavy atom. The van der Waals surface area contributed by atoms with E-state index in [0.717, 1.165) is 17.7 Å². The maximum atomic E-state index is 11.4. The molecule has 1 aliphatic heterocycles. The Kier molecular flexibility index (Phi) is 4.05. The fourth-order valence-electron chi connectivity index (χ4n) is 2.70. The van der Waals surface area contributed by atoms with Crippen molar-refractivity contribution in [2.75, 3.05) is 0 Å². The number of rotatable bonds is 5. The van der Waals surface area contributed by atoms with Gasteiger partial charge in [-0.15, -0.1) is 0 Å². The SMILES string of the molecule is Cc1cnccc1-n1nc(CC(N)=O)nc1C[C@H]1CCC(=O)N1. The molecule has 0 radical (unpaired) electrons. The van der Waals surface area contributed by atoms with Crippen molar-refractivity contribution in [2.45, 2.75) is 38.6 Å². The van der Waals surface area contributed by atoms with E-state index >= 15 is 0 Å². The molecule has 0 saturated carbocycles. The summed E-state index contributed by atoms with van der Waals surface area (Å²) in [4.78, 5) is 31.0. The third kappa shape index (κ3) is 3.36. The molecule has 3 rings (SSSR count). The molecule has 1 aliphatic rings. The topological polar surface area (TPSA) is 116 Å². The molecule has 8 nitrogen and oxygen atoms in total. The first-order valence-electron chi connectivity index (χ1n) is 7.46. The summed E-state index contributed by atoms with van der Waals surface area (Å²) in [5.41, 5.74) is 7.03. The van der Waals surface area contributed by atoms with Gasteiger partial charge in [0.05, 0.1) is 12.1 Å². The molecular formula is C15H18N6O2. The summed E-state index contributed by atoms with van der Waals surface area (Å²) in [6.45, 7) is 1.93. The van der Waals surface area contributed by atoms with Gasteiger partial charge in [0.2, 0.25) is 11.8 Å². The highest BCUT2D eigenvalue weighted by Gasteiger charge is 2.24. The smallest absolute Gasteiger partial charge is 0.225 e. The highest BCUT2D eigenvalue weighted by Crippen LogP contribution is 2.17. The highest BCUT2D eigenvalue weighted by atomic mass is 16.2. The molecule has 3 heterocycles. The number of aryl methyl sites for hydroxylation is 1. The number of amides is 2. The molecule has 0 aliphatic carbocycles. The molecule has 0 spiro atoms. The Hall–Kier alpha value is -2.77. The largest absolute Gasteiger partial charge is 0.369 e. The van der Waals surface area contributed by atoms with Crippen LogP contribution in [0.2, 0.25) is 0 Å². The number of nitrogens with one attached hydrogen (secondary N) is 1. The van der Waals surface area contributed by atoms with E-state index in [1.165, 1.54) is 0 Å². The molecule has 1 fully saturated rings. The molecule has 2 aromatic rings. The first-order valence-corrected chi connectivity index (χ1v) is 7.46. The molecule has 0 bridgehead atoms. The molecule has 0 aromatic carbocycles. The average molecular weight is 314 g/mol. The lowest BCUT2D eigenvalue weighted by Gasteiger charge is -2.11. The van der Waals surface area contributed by atoms with E-state index in [-0.39, 0.29) is 18.4 Å². The van der Waals surface area contributed by atoms with Gasteiger partial charge in [0.1, 0.15) is 5.82 Å². The number of carbonyl (C=O) groups is 2. The highest BCUT2D eigenvalue weighted by molar-refractivity contribution is 5.78. The van der Waals surface area contributed by atoms with Gasteiger partial charge in [-0.1, -0.05) is 0 Å². The van der Waals surface area contributed by atoms with E-state index < -0.39 is 5.91 Å². The minimum atomic E-state index is -0.477. The van der Waals surface area contributed by atoms with Crippen LogP contribution in [-0.4, -0.2) is 37.6 Å². The van der Waals surface area contributed by atoms with E-state index in [2.05, 4.69) is 20.4 Å². The Bertz CT molecular complexity index is 754. The molecule has 0 unspecified atom stereocenters. The minimum Gasteiger partial charge on any atom is -0.369 e. The summed E-state index contributed by atoms with van der Waals surface area (Å²) in [5.74, 6) is 0.656. The van der Waals surface area contributed by atoms with Crippen molar-refractivity contribution in [1.29, 1.82) is 0 Å². The fourth-order valence-corrected chi connectivity index (χ4v) is 2.70. The van der Waals surface area contributed by atoms with Crippen molar-refractivity contribution in [1.82, 2.24) is 25.1 Å². The maximum absolute atomic E-state index is 11.4. The molecule has 23 heavy (non-hydrogen) atoms. The molecule has 2 aromatic heterocycles. The number of pyridine rings is 1. The number of aromatic nitrogens is 4. The summed E-state index contributed by atoms with van der Waals surface area (Å²) >= 11 is 0. The zero-order chi connectivity index (χ0) is 16.4. The van der Waals surface area contributed by atoms with Crippen LogP contribution in [0.25, 0.3) is 5.69 Å². The summed E-state index contributed by atoms with van der Waals surface area (Å²) in [6.07, 6.45) is 5.26. The van der Waals surface area contributed by atoms with Crippen molar-refractivity contribution < 1.29 is 9.59 Å². The van der Waals surface area contributed by atoms with Gasteiger partial charge in [0.25, 0.3) is 0 Å².